The number of phenols is 2. The van der Waals surface area contributed by atoms with Gasteiger partial charge in [0.25, 0.3) is 0 Å². The molecule has 2 heterocycles. The van der Waals surface area contributed by atoms with Crippen LogP contribution in [0.15, 0.2) is 72.8 Å². The molecule has 0 atom stereocenters. The Morgan fingerprint density at radius 3 is 1.12 bits per heavy atom. The van der Waals surface area contributed by atoms with Crippen LogP contribution in [0.1, 0.15) is 0 Å². The van der Waals surface area contributed by atoms with Crippen molar-refractivity contribution in [1.29, 1.82) is 0 Å². The standard InChI is InChI=1S/C32H14Cl4N4O2/c33-15-9-21-23(11-17(15)35)39-31-19(37-21)5-1-13-3-7-25(41)29(27(13)31)30-26(42)8-4-14-2-6-20-32(28(14)30)40-24-12-18(36)16(34)10-22(24)38-20/h1-12,41-42H. The third kappa shape index (κ3) is 3.73. The lowest BCUT2D eigenvalue weighted by atomic mass is 9.91. The highest BCUT2D eigenvalue weighted by atomic mass is 35.5. The number of aromatic nitrogens is 4. The van der Waals surface area contributed by atoms with Crippen LogP contribution in [0.2, 0.25) is 20.1 Å². The predicted octanol–water partition coefficient (Wildman–Crippen LogP) is 9.88. The molecule has 0 saturated heterocycles. The summed E-state index contributed by atoms with van der Waals surface area (Å²) in [5.74, 6) is -0.0937. The van der Waals surface area contributed by atoms with Crippen LogP contribution in [0.4, 0.5) is 0 Å². The summed E-state index contributed by atoms with van der Waals surface area (Å²) in [4.78, 5) is 19.4. The van der Waals surface area contributed by atoms with Crippen molar-refractivity contribution in [3.05, 3.63) is 92.9 Å². The molecule has 0 spiro atoms. The Morgan fingerprint density at radius 1 is 0.405 bits per heavy atom. The van der Waals surface area contributed by atoms with Gasteiger partial charge in [-0.15, -0.1) is 0 Å². The summed E-state index contributed by atoms with van der Waals surface area (Å²) >= 11 is 25.1. The molecular weight excluding hydrogens is 614 g/mol. The molecule has 0 bridgehead atoms. The van der Waals surface area contributed by atoms with E-state index >= 15 is 0 Å². The fourth-order valence-electron chi connectivity index (χ4n) is 5.58. The molecule has 6 aromatic carbocycles. The van der Waals surface area contributed by atoms with Gasteiger partial charge in [0.2, 0.25) is 0 Å². The van der Waals surface area contributed by atoms with Crippen LogP contribution in [0.25, 0.3) is 76.8 Å². The lowest BCUT2D eigenvalue weighted by Crippen LogP contribution is -1.94. The minimum Gasteiger partial charge on any atom is -0.507 e. The van der Waals surface area contributed by atoms with E-state index in [2.05, 4.69) is 0 Å². The molecule has 0 saturated carbocycles. The Bertz CT molecular complexity index is 2330. The normalized spacial score (nSPS) is 12.0. The summed E-state index contributed by atoms with van der Waals surface area (Å²) in [7, 11) is 0. The second-order valence-electron chi connectivity index (χ2n) is 9.94. The summed E-state index contributed by atoms with van der Waals surface area (Å²) in [6.07, 6.45) is 0. The minimum absolute atomic E-state index is 0.0468. The quantitative estimate of drug-likeness (QED) is 0.139. The molecule has 0 unspecified atom stereocenters. The minimum atomic E-state index is -0.0468. The van der Waals surface area contributed by atoms with Crippen LogP contribution in [0.3, 0.4) is 0 Å². The fourth-order valence-corrected chi connectivity index (χ4v) is 6.21. The van der Waals surface area contributed by atoms with Gasteiger partial charge < -0.3 is 10.2 Å². The van der Waals surface area contributed by atoms with E-state index in [4.69, 9.17) is 66.3 Å². The Kier molecular flexibility index (Phi) is 5.56. The van der Waals surface area contributed by atoms with Crippen molar-refractivity contribution in [3.63, 3.8) is 0 Å². The molecule has 0 aliphatic rings. The maximum absolute atomic E-state index is 11.4. The predicted molar refractivity (Wildman–Crippen MR) is 171 cm³/mol. The van der Waals surface area contributed by atoms with E-state index in [1.165, 1.54) is 0 Å². The molecule has 0 amide bonds. The van der Waals surface area contributed by atoms with Crippen LogP contribution in [0.5, 0.6) is 11.5 Å². The number of hydrogen-bond acceptors (Lipinski definition) is 6. The maximum Gasteiger partial charge on any atom is 0.124 e. The second kappa shape index (κ2) is 9.15. The highest BCUT2D eigenvalue weighted by Crippen LogP contribution is 2.48. The summed E-state index contributed by atoms with van der Waals surface area (Å²) in [6, 6.07) is 21.0. The molecule has 2 aromatic heterocycles. The molecule has 2 N–H and O–H groups in total. The number of hydrogen-bond donors (Lipinski definition) is 2. The van der Waals surface area contributed by atoms with E-state index in [1.54, 1.807) is 48.5 Å². The highest BCUT2D eigenvalue weighted by Gasteiger charge is 2.22. The van der Waals surface area contributed by atoms with Gasteiger partial charge in [-0.05, 0) is 59.3 Å². The smallest absolute Gasteiger partial charge is 0.124 e. The molecule has 10 heteroatoms. The van der Waals surface area contributed by atoms with Gasteiger partial charge in [-0.25, -0.2) is 19.9 Å². The molecule has 0 radical (unpaired) electrons. The van der Waals surface area contributed by atoms with Crippen LogP contribution in [-0.2, 0) is 0 Å². The summed E-state index contributed by atoms with van der Waals surface area (Å²) in [6.45, 7) is 0. The highest BCUT2D eigenvalue weighted by molar-refractivity contribution is 6.43. The van der Waals surface area contributed by atoms with E-state index in [-0.39, 0.29) is 11.5 Å². The Hall–Kier alpha value is -4.20. The Morgan fingerprint density at radius 2 is 0.738 bits per heavy atom. The van der Waals surface area contributed by atoms with Gasteiger partial charge in [0.15, 0.2) is 0 Å². The zero-order valence-electron chi connectivity index (χ0n) is 21.1. The first-order chi connectivity index (χ1) is 20.3. The summed E-state index contributed by atoms with van der Waals surface area (Å²) < 4.78 is 0. The van der Waals surface area contributed by atoms with Gasteiger partial charge in [-0.1, -0.05) is 70.7 Å². The first-order valence-corrected chi connectivity index (χ1v) is 14.2. The van der Waals surface area contributed by atoms with Crippen LogP contribution < -0.4 is 0 Å². The Balaban J connectivity index is 1.56. The second-order valence-corrected chi connectivity index (χ2v) is 11.6. The largest absolute Gasteiger partial charge is 0.507 e. The number of fused-ring (bicyclic) bond motifs is 8. The molecule has 0 fully saturated rings. The third-order valence-corrected chi connectivity index (χ3v) is 8.91. The lowest BCUT2D eigenvalue weighted by Gasteiger charge is -2.16. The van der Waals surface area contributed by atoms with Crippen LogP contribution >= 0.6 is 46.4 Å². The van der Waals surface area contributed by atoms with Crippen molar-refractivity contribution in [1.82, 2.24) is 19.9 Å². The van der Waals surface area contributed by atoms with E-state index in [0.29, 0.717) is 86.1 Å². The average molecular weight is 628 g/mol. The van der Waals surface area contributed by atoms with Gasteiger partial charge in [-0.3, -0.25) is 0 Å². The first-order valence-electron chi connectivity index (χ1n) is 12.7. The third-order valence-electron chi connectivity index (χ3n) is 7.46. The van der Waals surface area contributed by atoms with Crippen molar-refractivity contribution in [2.75, 3.05) is 0 Å². The van der Waals surface area contributed by atoms with Gasteiger partial charge in [0.1, 0.15) is 11.5 Å². The molecule has 202 valence electrons. The van der Waals surface area contributed by atoms with E-state index in [0.717, 1.165) is 10.8 Å². The number of phenolic OH excluding ortho intramolecular Hbond substituents is 2. The van der Waals surface area contributed by atoms with Gasteiger partial charge in [0.05, 0.1) is 64.2 Å². The molecule has 8 aromatic rings. The molecule has 8 rings (SSSR count). The zero-order chi connectivity index (χ0) is 28.9. The Labute approximate surface area is 256 Å². The van der Waals surface area contributed by atoms with Crippen LogP contribution in [0, 0.1) is 0 Å². The first kappa shape index (κ1) is 25.5. The molecular formula is C32H14Cl4N4O2. The summed E-state index contributed by atoms with van der Waals surface area (Å²) in [5.41, 5.74) is 5.24. The maximum atomic E-state index is 11.4. The number of rotatable bonds is 1. The van der Waals surface area contributed by atoms with E-state index in [9.17, 15) is 10.2 Å². The van der Waals surface area contributed by atoms with Crippen molar-refractivity contribution >= 4 is 112 Å². The van der Waals surface area contributed by atoms with Crippen molar-refractivity contribution in [3.8, 4) is 22.6 Å². The molecule has 0 aliphatic carbocycles. The molecule has 6 nitrogen and oxygen atoms in total. The van der Waals surface area contributed by atoms with Crippen molar-refractivity contribution in [2.24, 2.45) is 0 Å². The summed E-state index contributed by atoms with van der Waals surface area (Å²) in [5, 5.41) is 27.1. The number of benzene rings is 6. The van der Waals surface area contributed by atoms with Gasteiger partial charge in [-0.2, -0.15) is 0 Å². The SMILES string of the molecule is Oc1ccc2ccc3nc4cc(Cl)c(Cl)cc4nc3c2c1-c1c(O)ccc2ccc3nc4cc(Cl)c(Cl)cc4nc3c12. The van der Waals surface area contributed by atoms with Crippen molar-refractivity contribution in [2.45, 2.75) is 0 Å². The zero-order valence-corrected chi connectivity index (χ0v) is 24.1. The fraction of sp³-hybridized carbons (Fsp3) is 0. The number of aromatic hydroxyl groups is 2. The van der Waals surface area contributed by atoms with Crippen LogP contribution in [-0.4, -0.2) is 30.1 Å². The van der Waals surface area contributed by atoms with Gasteiger partial charge >= 0.3 is 0 Å². The molecule has 0 aliphatic heterocycles. The van der Waals surface area contributed by atoms with Crippen molar-refractivity contribution < 1.29 is 10.2 Å². The monoisotopic (exact) mass is 626 g/mol. The van der Waals surface area contributed by atoms with Gasteiger partial charge in [0, 0.05) is 21.9 Å². The topological polar surface area (TPSA) is 92.0 Å². The molecule has 42 heavy (non-hydrogen) atoms. The number of nitrogens with zero attached hydrogens (tertiary/aromatic N) is 4. The average Bonchev–Trinajstić information content (AvgIpc) is 2.97. The van der Waals surface area contributed by atoms with E-state index in [1.807, 2.05) is 24.3 Å². The van der Waals surface area contributed by atoms with E-state index < -0.39 is 0 Å². The number of halogens is 4. The lowest BCUT2D eigenvalue weighted by molar-refractivity contribution is 0.470.